The number of rotatable bonds is 5. The van der Waals surface area contributed by atoms with Crippen LogP contribution in [0.15, 0.2) is 18.2 Å². The molecule has 0 saturated heterocycles. The fourth-order valence-corrected chi connectivity index (χ4v) is 2.68. The molecule has 8 heteroatoms. The van der Waals surface area contributed by atoms with Gasteiger partial charge in [-0.05, 0) is 43.0 Å². The molecular formula is C16H17F3N2O3. The summed E-state index contributed by atoms with van der Waals surface area (Å²) in [6.07, 6.45) is -2.28. The zero-order valence-corrected chi connectivity index (χ0v) is 12.9. The Morgan fingerprint density at radius 3 is 2.71 bits per heavy atom. The van der Waals surface area contributed by atoms with Gasteiger partial charge in [-0.3, -0.25) is 9.59 Å². The number of fused-ring (bicyclic) bond motifs is 1. The van der Waals surface area contributed by atoms with Crippen molar-refractivity contribution in [2.45, 2.75) is 37.9 Å². The van der Waals surface area contributed by atoms with E-state index in [4.69, 9.17) is 4.74 Å². The molecule has 1 heterocycles. The Labute approximate surface area is 136 Å². The Morgan fingerprint density at radius 1 is 1.29 bits per heavy atom. The van der Waals surface area contributed by atoms with Crippen LogP contribution in [0.25, 0.3) is 0 Å². The van der Waals surface area contributed by atoms with Crippen molar-refractivity contribution in [1.82, 2.24) is 4.90 Å². The van der Waals surface area contributed by atoms with E-state index in [9.17, 15) is 22.8 Å². The number of anilines is 1. The highest BCUT2D eigenvalue weighted by Gasteiger charge is 2.40. The van der Waals surface area contributed by atoms with E-state index >= 15 is 0 Å². The third-order valence-electron chi connectivity index (χ3n) is 3.99. The molecule has 0 spiro atoms. The molecule has 1 aromatic carbocycles. The maximum absolute atomic E-state index is 12.6. The smallest absolute Gasteiger partial charge is 0.406 e. The van der Waals surface area contributed by atoms with Crippen LogP contribution in [-0.4, -0.2) is 42.1 Å². The topological polar surface area (TPSA) is 58.6 Å². The zero-order valence-electron chi connectivity index (χ0n) is 12.9. The number of alkyl halides is 3. The van der Waals surface area contributed by atoms with E-state index in [2.05, 4.69) is 5.32 Å². The summed E-state index contributed by atoms with van der Waals surface area (Å²) in [4.78, 5) is 24.2. The highest BCUT2D eigenvalue weighted by Crippen LogP contribution is 2.31. The molecule has 1 aromatic rings. The SMILES string of the molecule is O=C1CCc2cc(OCC(=O)N(CC(F)(F)F)C3CC3)ccc2N1. The first-order valence-electron chi connectivity index (χ1n) is 7.73. The van der Waals surface area contributed by atoms with Crippen LogP contribution in [0.3, 0.4) is 0 Å². The number of ether oxygens (including phenoxy) is 1. The second kappa shape index (κ2) is 6.33. The van der Waals surface area contributed by atoms with Crippen molar-refractivity contribution in [3.05, 3.63) is 23.8 Å². The van der Waals surface area contributed by atoms with Gasteiger partial charge in [0.15, 0.2) is 6.61 Å². The number of nitrogens with zero attached hydrogens (tertiary/aromatic N) is 1. The van der Waals surface area contributed by atoms with E-state index in [1.54, 1.807) is 18.2 Å². The van der Waals surface area contributed by atoms with Crippen molar-refractivity contribution in [2.24, 2.45) is 0 Å². The summed E-state index contributed by atoms with van der Waals surface area (Å²) >= 11 is 0. The van der Waals surface area contributed by atoms with E-state index in [0.29, 0.717) is 37.1 Å². The third-order valence-corrected chi connectivity index (χ3v) is 3.99. The lowest BCUT2D eigenvalue weighted by atomic mass is 10.0. The van der Waals surface area contributed by atoms with Gasteiger partial charge in [0, 0.05) is 18.2 Å². The van der Waals surface area contributed by atoms with Crippen molar-refractivity contribution < 1.29 is 27.5 Å². The summed E-state index contributed by atoms with van der Waals surface area (Å²) in [7, 11) is 0. The monoisotopic (exact) mass is 342 g/mol. The summed E-state index contributed by atoms with van der Waals surface area (Å²) < 4.78 is 43.1. The van der Waals surface area contributed by atoms with Gasteiger partial charge in [-0.2, -0.15) is 13.2 Å². The molecule has 0 bridgehead atoms. The summed E-state index contributed by atoms with van der Waals surface area (Å²) in [5.74, 6) is -0.319. The first-order valence-corrected chi connectivity index (χ1v) is 7.73. The normalized spacial score (nSPS) is 17.0. The molecular weight excluding hydrogens is 325 g/mol. The maximum Gasteiger partial charge on any atom is 0.406 e. The Kier molecular flexibility index (Phi) is 4.38. The maximum atomic E-state index is 12.6. The molecule has 1 aliphatic carbocycles. The summed E-state index contributed by atoms with van der Waals surface area (Å²) in [5.41, 5.74) is 1.58. The number of hydrogen-bond donors (Lipinski definition) is 1. The molecule has 2 amide bonds. The molecule has 1 saturated carbocycles. The average Bonchev–Trinajstić information content (AvgIpc) is 3.34. The highest BCUT2D eigenvalue weighted by atomic mass is 19.4. The summed E-state index contributed by atoms with van der Waals surface area (Å²) in [5, 5.41) is 2.72. The quantitative estimate of drug-likeness (QED) is 0.894. The van der Waals surface area contributed by atoms with Crippen LogP contribution in [-0.2, 0) is 16.0 Å². The van der Waals surface area contributed by atoms with Gasteiger partial charge in [-0.15, -0.1) is 0 Å². The lowest BCUT2D eigenvalue weighted by Gasteiger charge is -2.24. The van der Waals surface area contributed by atoms with E-state index in [1.807, 2.05) is 0 Å². The van der Waals surface area contributed by atoms with E-state index < -0.39 is 25.2 Å². The minimum Gasteiger partial charge on any atom is -0.484 e. The number of benzene rings is 1. The van der Waals surface area contributed by atoms with Crippen molar-refractivity contribution in [3.63, 3.8) is 0 Å². The molecule has 0 unspecified atom stereocenters. The molecule has 1 aliphatic heterocycles. The highest BCUT2D eigenvalue weighted by molar-refractivity contribution is 5.94. The molecule has 0 aromatic heterocycles. The number of aryl methyl sites for hydroxylation is 1. The minimum absolute atomic E-state index is 0.0569. The van der Waals surface area contributed by atoms with Crippen LogP contribution in [0.5, 0.6) is 5.75 Å². The number of carbonyl (C=O) groups is 2. The standard InChI is InChI=1S/C16H17F3N2O3/c17-16(18,19)9-21(11-2-3-11)15(23)8-24-12-4-5-13-10(7-12)1-6-14(22)20-13/h4-5,7,11H,1-3,6,8-9H2,(H,20,22). The summed E-state index contributed by atoms with van der Waals surface area (Å²) in [6, 6.07) is 4.62. The Bertz CT molecular complexity index is 656. The molecule has 0 atom stereocenters. The molecule has 0 radical (unpaired) electrons. The second-order valence-corrected chi connectivity index (χ2v) is 6.02. The van der Waals surface area contributed by atoms with Crippen molar-refractivity contribution in [2.75, 3.05) is 18.5 Å². The van der Waals surface area contributed by atoms with Crippen molar-refractivity contribution in [3.8, 4) is 5.75 Å². The first-order chi connectivity index (χ1) is 11.3. The van der Waals surface area contributed by atoms with Gasteiger partial charge in [0.05, 0.1) is 0 Å². The Balaban J connectivity index is 1.60. The van der Waals surface area contributed by atoms with Gasteiger partial charge >= 0.3 is 6.18 Å². The van der Waals surface area contributed by atoms with Crippen molar-refractivity contribution >= 4 is 17.5 Å². The molecule has 24 heavy (non-hydrogen) atoms. The Morgan fingerprint density at radius 2 is 2.04 bits per heavy atom. The minimum atomic E-state index is -4.41. The fraction of sp³-hybridized carbons (Fsp3) is 0.500. The zero-order chi connectivity index (χ0) is 17.3. The Hall–Kier alpha value is -2.25. The average molecular weight is 342 g/mol. The summed E-state index contributed by atoms with van der Waals surface area (Å²) in [6.45, 7) is -1.67. The fourth-order valence-electron chi connectivity index (χ4n) is 2.68. The number of amides is 2. The van der Waals surface area contributed by atoms with Crippen LogP contribution >= 0.6 is 0 Å². The van der Waals surface area contributed by atoms with Gasteiger partial charge in [0.2, 0.25) is 5.91 Å². The predicted molar refractivity (Wildman–Crippen MR) is 79.7 cm³/mol. The largest absolute Gasteiger partial charge is 0.484 e. The molecule has 3 rings (SSSR count). The van der Waals surface area contributed by atoms with Crippen LogP contribution in [0.1, 0.15) is 24.8 Å². The van der Waals surface area contributed by atoms with Gasteiger partial charge in [0.25, 0.3) is 5.91 Å². The predicted octanol–water partition coefficient (Wildman–Crippen LogP) is 2.50. The molecule has 1 N–H and O–H groups in total. The lowest BCUT2D eigenvalue weighted by Crippen LogP contribution is -2.42. The third kappa shape index (κ3) is 4.18. The van der Waals surface area contributed by atoms with Gasteiger partial charge < -0.3 is 15.0 Å². The lowest BCUT2D eigenvalue weighted by molar-refractivity contribution is -0.163. The first kappa shape index (κ1) is 16.6. The molecule has 5 nitrogen and oxygen atoms in total. The molecule has 130 valence electrons. The second-order valence-electron chi connectivity index (χ2n) is 6.02. The van der Waals surface area contributed by atoms with Gasteiger partial charge in [-0.1, -0.05) is 0 Å². The van der Waals surface area contributed by atoms with E-state index in [1.165, 1.54) is 0 Å². The van der Waals surface area contributed by atoms with E-state index in [-0.39, 0.29) is 11.9 Å². The number of hydrogen-bond acceptors (Lipinski definition) is 3. The van der Waals surface area contributed by atoms with Crippen LogP contribution in [0.4, 0.5) is 18.9 Å². The van der Waals surface area contributed by atoms with Crippen LogP contribution in [0.2, 0.25) is 0 Å². The molecule has 2 aliphatic rings. The van der Waals surface area contributed by atoms with Crippen LogP contribution < -0.4 is 10.1 Å². The number of halogens is 3. The van der Waals surface area contributed by atoms with Gasteiger partial charge in [0.1, 0.15) is 12.3 Å². The van der Waals surface area contributed by atoms with Crippen molar-refractivity contribution in [1.29, 1.82) is 0 Å². The van der Waals surface area contributed by atoms with E-state index in [0.717, 1.165) is 10.5 Å². The van der Waals surface area contributed by atoms with Gasteiger partial charge in [-0.25, -0.2) is 0 Å². The molecule has 1 fully saturated rings. The number of nitrogens with one attached hydrogen (secondary N) is 1. The number of carbonyl (C=O) groups excluding carboxylic acids is 2. The van der Waals surface area contributed by atoms with Crippen LogP contribution in [0, 0.1) is 0 Å².